The summed E-state index contributed by atoms with van der Waals surface area (Å²) in [6, 6.07) is 0. The van der Waals surface area contributed by atoms with Crippen LogP contribution in [0, 0.1) is 40.4 Å². The van der Waals surface area contributed by atoms with Crippen LogP contribution in [-0.4, -0.2) is 0 Å². The molecule has 0 aliphatic rings. The van der Waals surface area contributed by atoms with Crippen molar-refractivity contribution in [3.05, 3.63) is 0 Å². The van der Waals surface area contributed by atoms with E-state index in [1.165, 1.54) is 0 Å². The molecular weight excluding hydrogens is 296 g/mol. The van der Waals surface area contributed by atoms with Crippen molar-refractivity contribution < 1.29 is 74.2 Å². The van der Waals surface area contributed by atoms with Gasteiger partial charge >= 0.3 is 0 Å². The Morgan fingerprint density at radius 1 is 1.00 bits per heavy atom. The van der Waals surface area contributed by atoms with Gasteiger partial charge in [0, 0.05) is 74.2 Å². The quantitative estimate of drug-likeness (QED) is 0.438. The molecule has 1 atom stereocenters. The summed E-state index contributed by atoms with van der Waals surface area (Å²) in [7, 11) is 0. The molecule has 0 spiro atoms. The predicted molar refractivity (Wildman–Crippen MR) is 11.1 cm³/mol. The van der Waals surface area contributed by atoms with Crippen LogP contribution < -0.4 is 0 Å². The fraction of sp³-hybridized carbons (Fsp3) is 0. The molecule has 1 unspecified atom stereocenters. The van der Waals surface area contributed by atoms with Crippen LogP contribution in [0.1, 0.15) is 0 Å². The summed E-state index contributed by atoms with van der Waals surface area (Å²) in [6.45, 7) is 0. The molecule has 1 radical (unpaired) electrons. The van der Waals surface area contributed by atoms with Crippen LogP contribution in [-0.2, 0) is 33.8 Å². The van der Waals surface area contributed by atoms with Gasteiger partial charge in [0.25, 0.3) is 0 Å². The molecular formula is H3CoFePSm. The van der Waals surface area contributed by atoms with Gasteiger partial charge in [0.2, 0.25) is 0 Å². The first kappa shape index (κ1) is 29.2. The van der Waals surface area contributed by atoms with Gasteiger partial charge < -0.3 is 0 Å². The zero-order chi connectivity index (χ0) is 0. The van der Waals surface area contributed by atoms with Gasteiger partial charge in [0.05, 0.1) is 0 Å². The van der Waals surface area contributed by atoms with Crippen molar-refractivity contribution in [2.24, 2.45) is 0 Å². The molecule has 4 heteroatoms. The molecule has 0 saturated carbocycles. The van der Waals surface area contributed by atoms with Crippen molar-refractivity contribution in [3.63, 3.8) is 0 Å². The minimum absolute atomic E-state index is 0. The third-order valence-corrected chi connectivity index (χ3v) is 0. The van der Waals surface area contributed by atoms with Gasteiger partial charge in [0.1, 0.15) is 0 Å². The van der Waals surface area contributed by atoms with Gasteiger partial charge in [-0.15, -0.1) is 0 Å². The fourth-order valence-corrected chi connectivity index (χ4v) is 0. The normalized spacial score (nSPS) is 0. The Bertz CT molecular complexity index is 8.00. The molecule has 0 saturated heterocycles. The Kier molecular flexibility index (Phi) is 125. The maximum absolute atomic E-state index is 0. The Balaban J connectivity index is 0. The van der Waals surface area contributed by atoms with Crippen LogP contribution in [0.4, 0.5) is 0 Å². The molecule has 0 fully saturated rings. The third kappa shape index (κ3) is 8.84. The first-order valence-corrected chi connectivity index (χ1v) is 0. The van der Waals surface area contributed by atoms with Crippen molar-refractivity contribution in [3.8, 4) is 0 Å². The molecule has 0 nitrogen and oxygen atoms in total. The van der Waals surface area contributed by atoms with Crippen LogP contribution >= 0.6 is 9.90 Å². The maximum Gasteiger partial charge on any atom is 0 e. The molecule has 0 heterocycles. The van der Waals surface area contributed by atoms with Gasteiger partial charge in [-0.25, -0.2) is 0 Å². The van der Waals surface area contributed by atoms with E-state index in [1.807, 2.05) is 0 Å². The van der Waals surface area contributed by atoms with E-state index in [0.29, 0.717) is 0 Å². The van der Waals surface area contributed by atoms with E-state index in [-0.39, 0.29) is 84.1 Å². The average Bonchev–Trinajstić information content (AvgIpc) is 0. The second-order valence-electron chi connectivity index (χ2n) is 0. The Morgan fingerprint density at radius 3 is 1.00 bits per heavy atom. The summed E-state index contributed by atoms with van der Waals surface area (Å²) in [5.74, 6) is 0. The minimum Gasteiger partial charge on any atom is -0.153 e. The van der Waals surface area contributed by atoms with E-state index in [9.17, 15) is 0 Å². The molecule has 4 heavy (non-hydrogen) atoms. The Labute approximate surface area is 82.6 Å². The van der Waals surface area contributed by atoms with E-state index in [1.54, 1.807) is 0 Å². The summed E-state index contributed by atoms with van der Waals surface area (Å²) in [6.07, 6.45) is 0. The molecule has 0 aromatic carbocycles. The van der Waals surface area contributed by atoms with Gasteiger partial charge in [-0.2, -0.15) is 9.90 Å². The zero-order valence-electron chi connectivity index (χ0n) is 1.80. The Morgan fingerprint density at radius 2 is 1.00 bits per heavy atom. The summed E-state index contributed by atoms with van der Waals surface area (Å²) in [5.41, 5.74) is 0. The van der Waals surface area contributed by atoms with Gasteiger partial charge in [-0.05, 0) is 0 Å². The molecule has 0 amide bonds. The number of rotatable bonds is 0. The largest absolute Gasteiger partial charge is 0.153 e. The Hall–Kier alpha value is 2.79. The van der Waals surface area contributed by atoms with Gasteiger partial charge in [0.15, 0.2) is 0 Å². The SMILES string of the molecule is P.[Co].[Fe].[Sm]. The average molecular weight is 299 g/mol. The topological polar surface area (TPSA) is 0 Å². The van der Waals surface area contributed by atoms with E-state index < -0.39 is 0 Å². The van der Waals surface area contributed by atoms with Crippen LogP contribution in [0.2, 0.25) is 0 Å². The monoisotopic (exact) mass is 301 g/mol. The second kappa shape index (κ2) is 17.1. The maximum atomic E-state index is 0. The first-order chi connectivity index (χ1) is 0. The molecule has 0 aromatic heterocycles. The number of hydrogen-bond acceptors (Lipinski definition) is 0. The molecule has 0 N–H and O–H groups in total. The van der Waals surface area contributed by atoms with E-state index >= 15 is 0 Å². The number of hydrogen-bond donors (Lipinski definition) is 0. The van der Waals surface area contributed by atoms with Crippen molar-refractivity contribution in [2.45, 2.75) is 0 Å². The van der Waals surface area contributed by atoms with Crippen molar-refractivity contribution in [2.75, 3.05) is 0 Å². The van der Waals surface area contributed by atoms with Crippen molar-refractivity contribution in [1.29, 1.82) is 0 Å². The van der Waals surface area contributed by atoms with Crippen LogP contribution in [0.3, 0.4) is 0 Å². The molecule has 0 aliphatic heterocycles. The molecule has 0 aromatic rings. The minimum atomic E-state index is 0. The van der Waals surface area contributed by atoms with E-state index in [4.69, 9.17) is 0 Å². The molecule has 0 rings (SSSR count). The van der Waals surface area contributed by atoms with E-state index in [2.05, 4.69) is 0 Å². The van der Waals surface area contributed by atoms with Crippen LogP contribution in [0.5, 0.6) is 0 Å². The summed E-state index contributed by atoms with van der Waals surface area (Å²) >= 11 is 0. The van der Waals surface area contributed by atoms with E-state index in [0.717, 1.165) is 0 Å². The summed E-state index contributed by atoms with van der Waals surface area (Å²) < 4.78 is 0. The van der Waals surface area contributed by atoms with Crippen LogP contribution in [0.25, 0.3) is 0 Å². The molecule has 0 bridgehead atoms. The van der Waals surface area contributed by atoms with Gasteiger partial charge in [-0.1, -0.05) is 0 Å². The fourth-order valence-electron chi connectivity index (χ4n) is 0. The molecule has 31 valence electrons. The smallest absolute Gasteiger partial charge is 0 e. The predicted octanol–water partition coefficient (Wildman–Crippen LogP) is 0.0531. The third-order valence-electron chi connectivity index (χ3n) is 0. The van der Waals surface area contributed by atoms with Crippen LogP contribution in [0.15, 0.2) is 0 Å². The first-order valence-electron chi connectivity index (χ1n) is 0. The standard InChI is InChI=1S/Co.Fe.H3P.Sm/h;;1H3;. The zero-order valence-corrected chi connectivity index (χ0v) is 7.98. The molecule has 0 aliphatic carbocycles. The second-order valence-corrected chi connectivity index (χ2v) is 0. The van der Waals surface area contributed by atoms with Gasteiger partial charge in [-0.3, -0.25) is 0 Å². The van der Waals surface area contributed by atoms with Crippen molar-refractivity contribution in [1.82, 2.24) is 0 Å². The summed E-state index contributed by atoms with van der Waals surface area (Å²) in [5, 5.41) is 0. The summed E-state index contributed by atoms with van der Waals surface area (Å²) in [4.78, 5) is 0. The van der Waals surface area contributed by atoms with Crippen molar-refractivity contribution >= 4 is 9.90 Å².